The number of halogens is 1. The van der Waals surface area contributed by atoms with Crippen LogP contribution in [-0.2, 0) is 13.5 Å². The lowest BCUT2D eigenvalue weighted by atomic mass is 10.1. The third-order valence-electron chi connectivity index (χ3n) is 3.07. The summed E-state index contributed by atoms with van der Waals surface area (Å²) in [4.78, 5) is 0. The molecule has 0 aliphatic rings. The molecular weight excluding hydrogens is 220 g/mol. The second-order valence-corrected chi connectivity index (χ2v) is 4.38. The molecule has 16 heavy (non-hydrogen) atoms. The summed E-state index contributed by atoms with van der Waals surface area (Å²) in [7, 11) is 2.03. The minimum atomic E-state index is 0.558. The predicted molar refractivity (Wildman–Crippen MR) is 66.6 cm³/mol. The zero-order valence-corrected chi connectivity index (χ0v) is 10.2. The largest absolute Gasteiger partial charge is 0.348 e. The van der Waals surface area contributed by atoms with Crippen molar-refractivity contribution in [3.63, 3.8) is 0 Å². The van der Waals surface area contributed by atoms with Gasteiger partial charge in [-0.1, -0.05) is 17.7 Å². The second kappa shape index (κ2) is 4.19. The molecule has 2 rings (SSSR count). The average molecular weight is 233 g/mol. The van der Waals surface area contributed by atoms with E-state index in [-0.39, 0.29) is 0 Å². The highest BCUT2D eigenvalue weighted by Crippen LogP contribution is 2.28. The topological polar surface area (TPSA) is 28.7 Å². The van der Waals surface area contributed by atoms with Crippen molar-refractivity contribution in [3.05, 3.63) is 34.5 Å². The molecule has 1 heterocycles. The number of nitriles is 1. The molecule has 2 aromatic rings. The third-order valence-corrected chi connectivity index (χ3v) is 3.31. The van der Waals surface area contributed by atoms with Gasteiger partial charge < -0.3 is 4.57 Å². The summed E-state index contributed by atoms with van der Waals surface area (Å²) in [6.07, 6.45) is 1.36. The van der Waals surface area contributed by atoms with E-state index in [0.29, 0.717) is 6.42 Å². The van der Waals surface area contributed by atoms with Crippen LogP contribution in [-0.4, -0.2) is 4.57 Å². The molecule has 0 amide bonds. The summed E-state index contributed by atoms with van der Waals surface area (Å²) in [5, 5.41) is 10.6. The van der Waals surface area contributed by atoms with Gasteiger partial charge in [0.2, 0.25) is 0 Å². The first-order valence-electron chi connectivity index (χ1n) is 5.25. The van der Waals surface area contributed by atoms with Gasteiger partial charge in [-0.2, -0.15) is 5.26 Å². The van der Waals surface area contributed by atoms with E-state index in [9.17, 15) is 0 Å². The van der Waals surface area contributed by atoms with Crippen molar-refractivity contribution in [2.75, 3.05) is 0 Å². The third kappa shape index (κ3) is 1.68. The standard InChI is InChI=1S/C13H13ClN2/c1-9-11(4-3-7-15)12-6-5-10(14)8-13(12)16(9)2/h5-6,8H,3-4H2,1-2H3. The molecule has 0 saturated carbocycles. The highest BCUT2D eigenvalue weighted by atomic mass is 35.5. The fraction of sp³-hybridized carbons (Fsp3) is 0.308. The van der Waals surface area contributed by atoms with Gasteiger partial charge in [-0.25, -0.2) is 0 Å². The number of hydrogen-bond donors (Lipinski definition) is 0. The summed E-state index contributed by atoms with van der Waals surface area (Å²) >= 11 is 5.99. The quantitative estimate of drug-likeness (QED) is 0.778. The van der Waals surface area contributed by atoms with Gasteiger partial charge in [0.1, 0.15) is 0 Å². The predicted octanol–water partition coefficient (Wildman–Crippen LogP) is 3.60. The molecule has 0 bridgehead atoms. The van der Waals surface area contributed by atoms with Crippen LogP contribution in [0.3, 0.4) is 0 Å². The van der Waals surface area contributed by atoms with Crippen molar-refractivity contribution in [2.24, 2.45) is 7.05 Å². The Kier molecular flexibility index (Phi) is 2.89. The molecule has 0 N–H and O–H groups in total. The normalized spacial score (nSPS) is 10.6. The second-order valence-electron chi connectivity index (χ2n) is 3.94. The average Bonchev–Trinajstić information content (AvgIpc) is 2.50. The van der Waals surface area contributed by atoms with E-state index in [2.05, 4.69) is 17.6 Å². The maximum absolute atomic E-state index is 8.66. The maximum Gasteiger partial charge on any atom is 0.0625 e. The Bertz CT molecular complexity index is 576. The molecule has 1 aromatic carbocycles. The van der Waals surface area contributed by atoms with Crippen molar-refractivity contribution >= 4 is 22.5 Å². The van der Waals surface area contributed by atoms with Crippen LogP contribution in [0.1, 0.15) is 17.7 Å². The molecule has 0 fully saturated rings. The van der Waals surface area contributed by atoms with Gasteiger partial charge in [0.25, 0.3) is 0 Å². The van der Waals surface area contributed by atoms with Gasteiger partial charge in [-0.05, 0) is 31.0 Å². The number of fused-ring (bicyclic) bond motifs is 1. The monoisotopic (exact) mass is 232 g/mol. The van der Waals surface area contributed by atoms with Crippen LogP contribution in [0.4, 0.5) is 0 Å². The smallest absolute Gasteiger partial charge is 0.0625 e. The molecule has 2 nitrogen and oxygen atoms in total. The van der Waals surface area contributed by atoms with Gasteiger partial charge in [-0.15, -0.1) is 0 Å². The van der Waals surface area contributed by atoms with E-state index in [1.165, 1.54) is 16.6 Å². The summed E-state index contributed by atoms with van der Waals surface area (Å²) in [5.41, 5.74) is 3.61. The zero-order valence-electron chi connectivity index (χ0n) is 9.42. The van der Waals surface area contributed by atoms with Gasteiger partial charge in [0, 0.05) is 35.1 Å². The van der Waals surface area contributed by atoms with Crippen LogP contribution in [0.25, 0.3) is 10.9 Å². The fourth-order valence-electron chi connectivity index (χ4n) is 2.11. The van der Waals surface area contributed by atoms with Gasteiger partial charge >= 0.3 is 0 Å². The zero-order chi connectivity index (χ0) is 11.7. The summed E-state index contributed by atoms with van der Waals surface area (Å²) in [6, 6.07) is 8.11. The molecule has 3 heteroatoms. The van der Waals surface area contributed by atoms with Gasteiger partial charge in [0.15, 0.2) is 0 Å². The van der Waals surface area contributed by atoms with E-state index < -0.39 is 0 Å². The number of nitrogens with zero attached hydrogens (tertiary/aromatic N) is 2. The molecule has 0 aliphatic carbocycles. The SMILES string of the molecule is Cc1c(CCC#N)c2ccc(Cl)cc2n1C. The van der Waals surface area contributed by atoms with Gasteiger partial charge in [0.05, 0.1) is 6.07 Å². The first-order valence-corrected chi connectivity index (χ1v) is 5.63. The van der Waals surface area contributed by atoms with E-state index >= 15 is 0 Å². The Morgan fingerprint density at radius 3 is 2.88 bits per heavy atom. The molecule has 0 saturated heterocycles. The Morgan fingerprint density at radius 1 is 1.44 bits per heavy atom. The lowest BCUT2D eigenvalue weighted by Crippen LogP contribution is -1.92. The van der Waals surface area contributed by atoms with E-state index in [4.69, 9.17) is 16.9 Å². The summed E-state index contributed by atoms with van der Waals surface area (Å²) in [6.45, 7) is 2.08. The first-order chi connectivity index (χ1) is 7.65. The minimum absolute atomic E-state index is 0.558. The Labute approximate surface area is 100 Å². The van der Waals surface area contributed by atoms with Crippen molar-refractivity contribution in [1.29, 1.82) is 5.26 Å². The van der Waals surface area contributed by atoms with E-state index in [0.717, 1.165) is 17.0 Å². The number of hydrogen-bond acceptors (Lipinski definition) is 1. The van der Waals surface area contributed by atoms with Crippen LogP contribution in [0.15, 0.2) is 18.2 Å². The fourth-order valence-corrected chi connectivity index (χ4v) is 2.28. The minimum Gasteiger partial charge on any atom is -0.348 e. The Morgan fingerprint density at radius 2 is 2.19 bits per heavy atom. The molecule has 0 aliphatic heterocycles. The maximum atomic E-state index is 8.66. The van der Waals surface area contributed by atoms with Crippen molar-refractivity contribution in [2.45, 2.75) is 19.8 Å². The van der Waals surface area contributed by atoms with Crippen LogP contribution in [0, 0.1) is 18.3 Å². The highest BCUT2D eigenvalue weighted by Gasteiger charge is 2.11. The van der Waals surface area contributed by atoms with E-state index in [1.807, 2.05) is 25.2 Å². The van der Waals surface area contributed by atoms with Crippen molar-refractivity contribution in [1.82, 2.24) is 4.57 Å². The van der Waals surface area contributed by atoms with Gasteiger partial charge in [-0.3, -0.25) is 0 Å². The molecule has 0 unspecified atom stereocenters. The van der Waals surface area contributed by atoms with E-state index in [1.54, 1.807) is 0 Å². The molecule has 1 aromatic heterocycles. The molecule has 0 atom stereocenters. The summed E-state index contributed by atoms with van der Waals surface area (Å²) < 4.78 is 2.13. The lowest BCUT2D eigenvalue weighted by Gasteiger charge is -1.99. The van der Waals surface area contributed by atoms with Crippen LogP contribution in [0.2, 0.25) is 5.02 Å². The van der Waals surface area contributed by atoms with Crippen LogP contribution >= 0.6 is 11.6 Å². The van der Waals surface area contributed by atoms with Crippen LogP contribution in [0.5, 0.6) is 0 Å². The number of aromatic nitrogens is 1. The number of rotatable bonds is 2. The first kappa shape index (κ1) is 11.0. The molecular formula is C13H13ClN2. The van der Waals surface area contributed by atoms with Crippen molar-refractivity contribution < 1.29 is 0 Å². The molecule has 0 radical (unpaired) electrons. The van der Waals surface area contributed by atoms with Crippen LogP contribution < -0.4 is 0 Å². The number of benzene rings is 1. The highest BCUT2D eigenvalue weighted by molar-refractivity contribution is 6.31. The molecule has 82 valence electrons. The lowest BCUT2D eigenvalue weighted by molar-refractivity contribution is 0.888. The Hall–Kier alpha value is -1.46. The Balaban J connectivity index is 2.65. The molecule has 0 spiro atoms. The summed E-state index contributed by atoms with van der Waals surface area (Å²) in [5.74, 6) is 0. The number of aryl methyl sites for hydroxylation is 2. The van der Waals surface area contributed by atoms with Crippen molar-refractivity contribution in [3.8, 4) is 6.07 Å².